The molecule has 12 atom stereocenters. The zero-order chi connectivity index (χ0) is 44.1. The number of ether oxygens (including phenoxy) is 5. The van der Waals surface area contributed by atoms with E-state index in [1.807, 2.05) is 0 Å². The van der Waals surface area contributed by atoms with E-state index in [0.717, 1.165) is 0 Å². The Morgan fingerprint density at radius 3 is 2.26 bits per heavy atom. The molecule has 20 nitrogen and oxygen atoms in total. The molecule has 20 heteroatoms. The number of alkyl carbamates (subject to hydrolysis) is 1. The standard InChI is InChI=1S/C41H46N2O18/c1-16-32(48)23(43-40(55)58-14-18-7-8-25(22(9-18)42-17(2)45)61-39-38(54)36(52)24(46)15-57-39)10-28(59-16)60-26-12-41(56,27(47)13-44)11-21-29(26)37(53)31-30(35(21)51)33(49)19-5-3-4-6-20(19)34(31)50/h3-9,16,23-24,26,28,30-32,36,38-39,44,46,48,51-54,56H,10-15H2,1-2H3,(H,42,45)(H,43,55)/t16?,23?,24?,26?,28?,30?,31?,32?,36?,38?,39?,41-/m0/s1. The van der Waals surface area contributed by atoms with Crippen molar-refractivity contribution >= 4 is 35.0 Å². The van der Waals surface area contributed by atoms with Crippen LogP contribution >= 0.6 is 0 Å². The summed E-state index contributed by atoms with van der Waals surface area (Å²) in [7, 11) is 0. The van der Waals surface area contributed by atoms with Crippen LogP contribution in [0.15, 0.2) is 65.1 Å². The molecule has 7 rings (SSSR count). The Hall–Kier alpha value is -5.29. The fourth-order valence-corrected chi connectivity index (χ4v) is 8.43. The van der Waals surface area contributed by atoms with Crippen molar-refractivity contribution < 1.29 is 88.5 Å². The molecule has 2 aromatic rings. The summed E-state index contributed by atoms with van der Waals surface area (Å²) in [6.45, 7) is 0.923. The van der Waals surface area contributed by atoms with Crippen LogP contribution in [-0.2, 0) is 35.1 Å². The molecule has 328 valence electrons. The van der Waals surface area contributed by atoms with Crippen LogP contribution in [0.4, 0.5) is 10.5 Å². The second-order valence-corrected chi connectivity index (χ2v) is 15.7. The van der Waals surface area contributed by atoms with Crippen LogP contribution in [0.2, 0.25) is 0 Å². The van der Waals surface area contributed by atoms with Crippen molar-refractivity contribution in [2.24, 2.45) is 11.8 Å². The van der Waals surface area contributed by atoms with Gasteiger partial charge in [-0.2, -0.15) is 0 Å². The molecule has 2 heterocycles. The van der Waals surface area contributed by atoms with Gasteiger partial charge in [-0.3, -0.25) is 19.2 Å². The highest BCUT2D eigenvalue weighted by molar-refractivity contribution is 6.18. The molecule has 61 heavy (non-hydrogen) atoms. The Bertz CT molecular complexity index is 2170. The van der Waals surface area contributed by atoms with Gasteiger partial charge in [-0.25, -0.2) is 4.79 Å². The molecule has 2 aliphatic heterocycles. The molecule has 0 bridgehead atoms. The lowest BCUT2D eigenvalue weighted by Gasteiger charge is -2.46. The minimum absolute atomic E-state index is 0.0249. The third-order valence-corrected chi connectivity index (χ3v) is 11.6. The number of carbonyl (C=O) groups is 5. The maximum absolute atomic E-state index is 13.7. The smallest absolute Gasteiger partial charge is 0.407 e. The lowest BCUT2D eigenvalue weighted by atomic mass is 9.63. The number of ketones is 3. The van der Waals surface area contributed by atoms with Crippen molar-refractivity contribution in [1.29, 1.82) is 0 Å². The second-order valence-electron chi connectivity index (χ2n) is 15.7. The van der Waals surface area contributed by atoms with Crippen LogP contribution < -0.4 is 15.4 Å². The second kappa shape index (κ2) is 17.2. The molecule has 1 saturated carbocycles. The summed E-state index contributed by atoms with van der Waals surface area (Å²) in [6.07, 6.45) is -13.5. The first-order valence-corrected chi connectivity index (χ1v) is 19.5. The summed E-state index contributed by atoms with van der Waals surface area (Å²) in [5, 5.41) is 90.8. The van der Waals surface area contributed by atoms with Crippen molar-refractivity contribution in [2.45, 2.75) is 101 Å². The van der Waals surface area contributed by atoms with Crippen LogP contribution in [0, 0.1) is 11.8 Å². The fraction of sp³-hybridized carbons (Fsp3) is 0.488. The average molecular weight is 855 g/mol. The molecule has 11 unspecified atom stereocenters. The van der Waals surface area contributed by atoms with Crippen LogP contribution in [0.25, 0.3) is 0 Å². The van der Waals surface area contributed by atoms with Gasteiger partial charge in [0.2, 0.25) is 12.2 Å². The molecule has 5 aliphatic rings. The summed E-state index contributed by atoms with van der Waals surface area (Å²) >= 11 is 0. The predicted molar refractivity (Wildman–Crippen MR) is 204 cm³/mol. The first-order valence-electron chi connectivity index (χ1n) is 19.5. The number of hydrogen-bond donors (Lipinski definition) is 10. The normalized spacial score (nSPS) is 33.5. The van der Waals surface area contributed by atoms with Gasteiger partial charge in [-0.15, -0.1) is 0 Å². The SMILES string of the molecule is CC(=O)Nc1cc(COC(=O)NC2CC(OC3C[C@](O)(C(=O)CO)CC4=C(O)C5C(=O)c6ccccc6C(=O)C5C(O)=C43)OC(C)C2O)ccc1OC1OCC(O)C(O)C1O. The van der Waals surface area contributed by atoms with Gasteiger partial charge in [-0.05, 0) is 24.6 Å². The van der Waals surface area contributed by atoms with Crippen molar-refractivity contribution in [3.05, 3.63) is 81.8 Å². The maximum Gasteiger partial charge on any atom is 0.407 e. The molecule has 3 aliphatic carbocycles. The molecular formula is C41H46N2O18. The van der Waals surface area contributed by atoms with Crippen LogP contribution in [0.1, 0.15) is 59.4 Å². The molecule has 0 spiro atoms. The van der Waals surface area contributed by atoms with E-state index in [1.165, 1.54) is 50.2 Å². The number of nitrogens with one attached hydrogen (secondary N) is 2. The number of aliphatic hydroxyl groups excluding tert-OH is 7. The van der Waals surface area contributed by atoms with Gasteiger partial charge in [0.25, 0.3) is 0 Å². The Morgan fingerprint density at radius 2 is 1.61 bits per heavy atom. The Morgan fingerprint density at radius 1 is 0.934 bits per heavy atom. The van der Waals surface area contributed by atoms with Gasteiger partial charge in [0.05, 0.1) is 42.4 Å². The van der Waals surface area contributed by atoms with Crippen molar-refractivity contribution in [2.75, 3.05) is 18.5 Å². The van der Waals surface area contributed by atoms with E-state index in [1.54, 1.807) is 6.07 Å². The lowest BCUT2D eigenvalue weighted by molar-refractivity contribution is -0.242. The molecule has 2 amide bonds. The van der Waals surface area contributed by atoms with E-state index in [9.17, 15) is 64.8 Å². The number of aliphatic hydroxyl groups is 8. The first-order chi connectivity index (χ1) is 28.9. The molecule has 0 aromatic heterocycles. The highest BCUT2D eigenvalue weighted by Gasteiger charge is 2.56. The third-order valence-electron chi connectivity index (χ3n) is 11.6. The lowest BCUT2D eigenvalue weighted by Crippen LogP contribution is -2.57. The summed E-state index contributed by atoms with van der Waals surface area (Å²) in [5.41, 5.74) is -2.23. The minimum Gasteiger partial charge on any atom is -0.511 e. The number of allylic oxidation sites excluding steroid dienone is 2. The van der Waals surface area contributed by atoms with Gasteiger partial charge in [0.1, 0.15) is 60.5 Å². The summed E-state index contributed by atoms with van der Waals surface area (Å²) in [6, 6.07) is 9.10. The third kappa shape index (κ3) is 8.38. The average Bonchev–Trinajstić information content (AvgIpc) is 3.22. The number of carbonyl (C=O) groups excluding carboxylic acids is 5. The number of Topliss-reactive ketones (excluding diaryl/α,β-unsaturated/α-hetero) is 3. The van der Waals surface area contributed by atoms with Gasteiger partial charge in [0.15, 0.2) is 23.6 Å². The topological polar surface area (TPSA) is 317 Å². The Balaban J connectivity index is 1.07. The predicted octanol–water partition coefficient (Wildman–Crippen LogP) is -0.0257. The maximum atomic E-state index is 13.7. The van der Waals surface area contributed by atoms with E-state index < -0.39 is 133 Å². The van der Waals surface area contributed by atoms with Crippen molar-refractivity contribution in [3.8, 4) is 5.75 Å². The quantitative estimate of drug-likeness (QED) is 0.150. The van der Waals surface area contributed by atoms with Crippen molar-refractivity contribution in [1.82, 2.24) is 5.32 Å². The zero-order valence-corrected chi connectivity index (χ0v) is 32.8. The number of rotatable bonds is 10. The summed E-state index contributed by atoms with van der Waals surface area (Å²) < 4.78 is 28.5. The highest BCUT2D eigenvalue weighted by atomic mass is 16.7. The van der Waals surface area contributed by atoms with E-state index in [0.29, 0.717) is 5.56 Å². The van der Waals surface area contributed by atoms with Gasteiger partial charge in [0, 0.05) is 48.5 Å². The van der Waals surface area contributed by atoms with E-state index in [4.69, 9.17) is 23.7 Å². The summed E-state index contributed by atoms with van der Waals surface area (Å²) in [4.78, 5) is 65.4. The molecule has 0 radical (unpaired) electrons. The molecular weight excluding hydrogens is 808 g/mol. The molecule has 10 N–H and O–H groups in total. The molecule has 2 saturated heterocycles. The molecule has 2 aromatic carbocycles. The van der Waals surface area contributed by atoms with Crippen LogP contribution in [0.3, 0.4) is 0 Å². The van der Waals surface area contributed by atoms with E-state index in [-0.39, 0.29) is 53.3 Å². The number of anilines is 1. The largest absolute Gasteiger partial charge is 0.511 e. The number of benzene rings is 2. The minimum atomic E-state index is -2.36. The van der Waals surface area contributed by atoms with Gasteiger partial charge >= 0.3 is 6.09 Å². The zero-order valence-electron chi connectivity index (χ0n) is 32.8. The van der Waals surface area contributed by atoms with Crippen molar-refractivity contribution in [3.63, 3.8) is 0 Å². The summed E-state index contributed by atoms with van der Waals surface area (Å²) in [5.74, 6) is -7.20. The number of amides is 2. The Labute approximate surface area is 346 Å². The number of hydrogen-bond acceptors (Lipinski definition) is 18. The first kappa shape index (κ1) is 43.8. The molecule has 3 fully saturated rings. The fourth-order valence-electron chi connectivity index (χ4n) is 8.43. The highest BCUT2D eigenvalue weighted by Crippen LogP contribution is 2.51. The monoisotopic (exact) mass is 854 g/mol. The van der Waals surface area contributed by atoms with Gasteiger partial charge < -0.3 is 75.2 Å². The van der Waals surface area contributed by atoms with Gasteiger partial charge in [-0.1, -0.05) is 30.3 Å². The van der Waals surface area contributed by atoms with E-state index >= 15 is 0 Å². The van der Waals surface area contributed by atoms with Crippen LogP contribution in [0.5, 0.6) is 5.75 Å². The van der Waals surface area contributed by atoms with E-state index in [2.05, 4.69) is 10.6 Å². The number of fused-ring (bicyclic) bond motifs is 3. The van der Waals surface area contributed by atoms with Crippen LogP contribution in [-0.4, -0.2) is 144 Å². The Kier molecular flexibility index (Phi) is 12.4.